The van der Waals surface area contributed by atoms with E-state index in [1.165, 1.54) is 38.4 Å². The lowest BCUT2D eigenvalue weighted by Crippen LogP contribution is -2.62. The minimum atomic E-state index is -0.981. The van der Waals surface area contributed by atoms with Crippen LogP contribution in [0.4, 0.5) is 0 Å². The van der Waals surface area contributed by atoms with Crippen molar-refractivity contribution >= 4 is 16.9 Å². The Hall–Kier alpha value is -2.08. The largest absolute Gasteiger partial charge is 0.464 e. The average molecular weight is 441 g/mol. The molecule has 2 aromatic heterocycles. The molecule has 3 heterocycles. The molecule has 2 saturated carbocycles. The smallest absolute Gasteiger partial charge is 0.261 e. The van der Waals surface area contributed by atoms with E-state index in [1.807, 2.05) is 4.90 Å². The molecule has 1 atom stereocenters. The fourth-order valence-electron chi connectivity index (χ4n) is 6.69. The fourth-order valence-corrected chi connectivity index (χ4v) is 6.69. The van der Waals surface area contributed by atoms with E-state index in [1.54, 1.807) is 22.9 Å². The topological polar surface area (TPSA) is 75.7 Å². The fraction of sp³-hybridized carbons (Fsp3) is 0.692. The summed E-state index contributed by atoms with van der Waals surface area (Å²) < 4.78 is 6.99. The van der Waals surface area contributed by atoms with Gasteiger partial charge in [0.2, 0.25) is 5.91 Å². The molecule has 5 rings (SSSR count). The summed E-state index contributed by atoms with van der Waals surface area (Å²) >= 11 is 0. The van der Waals surface area contributed by atoms with Gasteiger partial charge in [-0.1, -0.05) is 44.9 Å². The van der Waals surface area contributed by atoms with Crippen molar-refractivity contribution < 1.29 is 14.3 Å². The maximum absolute atomic E-state index is 13.1. The molecule has 3 fully saturated rings. The summed E-state index contributed by atoms with van der Waals surface area (Å²) in [5.41, 5.74) is -0.849. The monoisotopic (exact) mass is 440 g/mol. The molecule has 32 heavy (non-hydrogen) atoms. The molecule has 1 amide bonds. The first-order valence-corrected chi connectivity index (χ1v) is 12.6. The first kappa shape index (κ1) is 21.7. The van der Waals surface area contributed by atoms with Gasteiger partial charge in [0.15, 0.2) is 0 Å². The molecule has 6 heteroatoms. The SMILES string of the molecule is O=C(CCC1CCCCC1)N1CCC(O)(Cn2ccc3occc3c2=O)C2(CCCC2)C1. The number of aromatic nitrogens is 1. The zero-order valence-electron chi connectivity index (χ0n) is 19.1. The Morgan fingerprint density at radius 1 is 1.09 bits per heavy atom. The number of fused-ring (bicyclic) bond motifs is 1. The third-order valence-corrected chi connectivity index (χ3v) is 8.70. The van der Waals surface area contributed by atoms with E-state index in [-0.39, 0.29) is 23.4 Å². The Bertz CT molecular complexity index is 1010. The third-order valence-electron chi connectivity index (χ3n) is 8.70. The van der Waals surface area contributed by atoms with Gasteiger partial charge in [0.05, 0.1) is 23.8 Å². The van der Waals surface area contributed by atoms with Crippen LogP contribution in [0.1, 0.15) is 77.0 Å². The molecule has 3 aliphatic rings. The molecule has 2 aromatic rings. The molecule has 0 aromatic carbocycles. The van der Waals surface area contributed by atoms with Crippen LogP contribution in [0.5, 0.6) is 0 Å². The third kappa shape index (κ3) is 3.91. The van der Waals surface area contributed by atoms with Crippen LogP contribution < -0.4 is 5.56 Å². The van der Waals surface area contributed by atoms with Gasteiger partial charge in [0, 0.05) is 31.1 Å². The van der Waals surface area contributed by atoms with Crippen LogP contribution in [0.2, 0.25) is 0 Å². The summed E-state index contributed by atoms with van der Waals surface area (Å²) in [5, 5.41) is 12.5. The minimum absolute atomic E-state index is 0.121. The maximum Gasteiger partial charge on any atom is 0.261 e. The van der Waals surface area contributed by atoms with Crippen LogP contribution in [-0.2, 0) is 11.3 Å². The molecule has 174 valence electrons. The summed E-state index contributed by atoms with van der Waals surface area (Å²) in [4.78, 5) is 28.1. The maximum atomic E-state index is 13.1. The zero-order chi connectivity index (χ0) is 22.2. The average Bonchev–Trinajstić information content (AvgIpc) is 3.48. The number of hydrogen-bond donors (Lipinski definition) is 1. The number of piperidine rings is 1. The summed E-state index contributed by atoms with van der Waals surface area (Å²) in [6.07, 6.45) is 15.9. The minimum Gasteiger partial charge on any atom is -0.464 e. The van der Waals surface area contributed by atoms with Crippen molar-refractivity contribution in [3.05, 3.63) is 34.9 Å². The molecule has 1 spiro atoms. The van der Waals surface area contributed by atoms with Gasteiger partial charge in [-0.15, -0.1) is 0 Å². The highest BCUT2D eigenvalue weighted by atomic mass is 16.3. The number of likely N-dealkylation sites (tertiary alicyclic amines) is 1. The second-order valence-corrected chi connectivity index (χ2v) is 10.6. The molecule has 1 N–H and O–H groups in total. The van der Waals surface area contributed by atoms with E-state index in [0.29, 0.717) is 42.8 Å². The van der Waals surface area contributed by atoms with Crippen molar-refractivity contribution in [3.8, 4) is 0 Å². The van der Waals surface area contributed by atoms with E-state index in [2.05, 4.69) is 0 Å². The number of carbonyl (C=O) groups excluding carboxylic acids is 1. The summed E-state index contributed by atoms with van der Waals surface area (Å²) in [5.74, 6) is 0.959. The lowest BCUT2D eigenvalue weighted by Gasteiger charge is -2.52. The molecule has 6 nitrogen and oxygen atoms in total. The number of hydrogen-bond acceptors (Lipinski definition) is 4. The van der Waals surface area contributed by atoms with E-state index >= 15 is 0 Å². The standard InChI is InChI=1S/C26H36N2O4/c29-23(9-8-20-6-2-1-3-7-20)27-16-14-26(31,25(18-27)12-4-5-13-25)19-28-15-10-22-21(24(28)30)11-17-32-22/h10-11,15,17,20,31H,1-9,12-14,16,18-19H2. The van der Waals surface area contributed by atoms with Crippen LogP contribution in [0.3, 0.4) is 0 Å². The second kappa shape index (κ2) is 8.69. The Kier molecular flexibility index (Phi) is 5.91. The molecule has 0 radical (unpaired) electrons. The number of aliphatic hydroxyl groups is 1. The zero-order valence-corrected chi connectivity index (χ0v) is 19.1. The van der Waals surface area contributed by atoms with Crippen molar-refractivity contribution in [2.45, 2.75) is 89.2 Å². The van der Waals surface area contributed by atoms with Crippen LogP contribution in [0.15, 0.2) is 33.8 Å². The van der Waals surface area contributed by atoms with Crippen LogP contribution in [-0.4, -0.2) is 39.2 Å². The van der Waals surface area contributed by atoms with Gasteiger partial charge in [0.1, 0.15) is 5.58 Å². The molecule has 1 aliphatic heterocycles. The lowest BCUT2D eigenvalue weighted by atomic mass is 9.65. The Morgan fingerprint density at radius 2 is 1.88 bits per heavy atom. The van der Waals surface area contributed by atoms with Gasteiger partial charge in [-0.05, 0) is 43.7 Å². The number of amides is 1. The molecule has 1 saturated heterocycles. The number of carbonyl (C=O) groups is 1. The van der Waals surface area contributed by atoms with E-state index in [4.69, 9.17) is 4.42 Å². The molecule has 2 aliphatic carbocycles. The lowest BCUT2D eigenvalue weighted by molar-refractivity contribution is -0.160. The number of furan rings is 1. The first-order valence-electron chi connectivity index (χ1n) is 12.6. The van der Waals surface area contributed by atoms with Crippen molar-refractivity contribution in [3.63, 3.8) is 0 Å². The van der Waals surface area contributed by atoms with Gasteiger partial charge < -0.3 is 19.0 Å². The quantitative estimate of drug-likeness (QED) is 0.744. The van der Waals surface area contributed by atoms with E-state index in [9.17, 15) is 14.7 Å². The summed E-state index contributed by atoms with van der Waals surface area (Å²) in [7, 11) is 0. The summed E-state index contributed by atoms with van der Waals surface area (Å²) in [6.45, 7) is 1.47. The highest BCUT2D eigenvalue weighted by Crippen LogP contribution is 2.51. The highest BCUT2D eigenvalue weighted by molar-refractivity contribution is 5.76. The summed E-state index contributed by atoms with van der Waals surface area (Å²) in [6, 6.07) is 3.49. The van der Waals surface area contributed by atoms with Crippen molar-refractivity contribution in [1.82, 2.24) is 9.47 Å². The second-order valence-electron chi connectivity index (χ2n) is 10.6. The van der Waals surface area contributed by atoms with Crippen molar-refractivity contribution in [1.29, 1.82) is 0 Å². The van der Waals surface area contributed by atoms with Gasteiger partial charge in [-0.2, -0.15) is 0 Å². The predicted octanol–water partition coefficient (Wildman–Crippen LogP) is 4.48. The van der Waals surface area contributed by atoms with Crippen LogP contribution >= 0.6 is 0 Å². The Balaban J connectivity index is 1.31. The van der Waals surface area contributed by atoms with Gasteiger partial charge in [-0.3, -0.25) is 9.59 Å². The molecular formula is C26H36N2O4. The van der Waals surface area contributed by atoms with Crippen LogP contribution in [0, 0.1) is 11.3 Å². The molecular weight excluding hydrogens is 404 g/mol. The van der Waals surface area contributed by atoms with Crippen molar-refractivity contribution in [2.75, 3.05) is 13.1 Å². The molecule has 1 unspecified atom stereocenters. The van der Waals surface area contributed by atoms with Gasteiger partial charge in [-0.25, -0.2) is 0 Å². The number of rotatable bonds is 5. The van der Waals surface area contributed by atoms with E-state index in [0.717, 1.165) is 32.1 Å². The first-order chi connectivity index (χ1) is 15.5. The highest BCUT2D eigenvalue weighted by Gasteiger charge is 2.55. The van der Waals surface area contributed by atoms with Gasteiger partial charge in [0.25, 0.3) is 5.56 Å². The number of nitrogens with zero attached hydrogens (tertiary/aromatic N) is 2. The molecule has 0 bridgehead atoms. The van der Waals surface area contributed by atoms with Crippen LogP contribution in [0.25, 0.3) is 11.0 Å². The van der Waals surface area contributed by atoms with E-state index < -0.39 is 5.60 Å². The van der Waals surface area contributed by atoms with Crippen molar-refractivity contribution in [2.24, 2.45) is 11.3 Å². The Labute approximate surface area is 189 Å². The predicted molar refractivity (Wildman–Crippen MR) is 123 cm³/mol. The number of pyridine rings is 1. The Morgan fingerprint density at radius 3 is 2.66 bits per heavy atom. The normalized spacial score (nSPS) is 26.2. The van der Waals surface area contributed by atoms with Gasteiger partial charge >= 0.3 is 0 Å².